The van der Waals surface area contributed by atoms with Crippen LogP contribution in [-0.2, 0) is 0 Å². The molecule has 0 radical (unpaired) electrons. The molecule has 1 unspecified atom stereocenters. The van der Waals surface area contributed by atoms with E-state index < -0.39 is 0 Å². The minimum absolute atomic E-state index is 0.00566. The van der Waals surface area contributed by atoms with Crippen LogP contribution >= 0.6 is 0 Å². The highest BCUT2D eigenvalue weighted by Crippen LogP contribution is 2.38. The van der Waals surface area contributed by atoms with Gasteiger partial charge >= 0.3 is 0 Å². The molecule has 3 N–H and O–H groups in total. The highest BCUT2D eigenvalue weighted by Gasteiger charge is 2.32. The summed E-state index contributed by atoms with van der Waals surface area (Å²) in [6.07, 6.45) is 4.87. The van der Waals surface area contributed by atoms with Gasteiger partial charge in [0, 0.05) is 31.5 Å². The van der Waals surface area contributed by atoms with Crippen molar-refractivity contribution in [3.8, 4) is 0 Å². The first kappa shape index (κ1) is 15.7. The number of rotatable bonds is 3. The molecular formula is C17H27N3O. The molecule has 4 nitrogen and oxygen atoms in total. The van der Waals surface area contributed by atoms with Crippen LogP contribution in [0.15, 0.2) is 18.2 Å². The Morgan fingerprint density at radius 2 is 2.05 bits per heavy atom. The molecule has 2 rings (SSSR count). The number of carbonyl (C=O) groups excluding carboxylic acids is 1. The van der Waals surface area contributed by atoms with E-state index in [2.05, 4.69) is 19.2 Å². The lowest BCUT2D eigenvalue weighted by Crippen LogP contribution is -2.39. The number of nitrogens with two attached hydrogens (primary N) is 1. The van der Waals surface area contributed by atoms with Gasteiger partial charge in [-0.1, -0.05) is 26.7 Å². The number of amides is 1. The van der Waals surface area contributed by atoms with Crippen molar-refractivity contribution in [2.45, 2.75) is 45.6 Å². The Morgan fingerprint density at radius 3 is 2.67 bits per heavy atom. The second-order valence-corrected chi connectivity index (χ2v) is 6.94. The molecule has 0 aromatic heterocycles. The molecule has 0 spiro atoms. The lowest BCUT2D eigenvalue weighted by molar-refractivity contribution is 0.0828. The summed E-state index contributed by atoms with van der Waals surface area (Å²) in [6.45, 7) is 4.59. The summed E-state index contributed by atoms with van der Waals surface area (Å²) < 4.78 is 0. The normalized spacial score (nSPS) is 20.9. The second kappa shape index (κ2) is 5.96. The first-order valence-corrected chi connectivity index (χ1v) is 7.69. The van der Waals surface area contributed by atoms with E-state index >= 15 is 0 Å². The summed E-state index contributed by atoms with van der Waals surface area (Å²) in [5.41, 5.74) is 8.38. The molecular weight excluding hydrogens is 262 g/mol. The summed E-state index contributed by atoms with van der Waals surface area (Å²) in [7, 11) is 3.54. The molecule has 0 heterocycles. The lowest BCUT2D eigenvalue weighted by Gasteiger charge is -2.40. The Morgan fingerprint density at radius 1 is 1.33 bits per heavy atom. The second-order valence-electron chi connectivity index (χ2n) is 6.94. The zero-order chi connectivity index (χ0) is 15.6. The van der Waals surface area contributed by atoms with Gasteiger partial charge in [0.15, 0.2) is 0 Å². The van der Waals surface area contributed by atoms with Crippen molar-refractivity contribution in [1.82, 2.24) is 4.90 Å². The zero-order valence-electron chi connectivity index (χ0n) is 13.6. The third kappa shape index (κ3) is 3.49. The smallest absolute Gasteiger partial charge is 0.255 e. The molecule has 1 aliphatic carbocycles. The van der Waals surface area contributed by atoms with Gasteiger partial charge in [-0.25, -0.2) is 0 Å². The molecule has 0 bridgehead atoms. The number of nitrogens with zero attached hydrogens (tertiary/aromatic N) is 1. The van der Waals surface area contributed by atoms with Gasteiger partial charge in [0.2, 0.25) is 0 Å². The Balaban J connectivity index is 2.30. The van der Waals surface area contributed by atoms with Gasteiger partial charge < -0.3 is 16.0 Å². The molecule has 21 heavy (non-hydrogen) atoms. The zero-order valence-corrected chi connectivity index (χ0v) is 13.6. The van der Waals surface area contributed by atoms with Crippen LogP contribution in [0.4, 0.5) is 11.4 Å². The minimum atomic E-state index is 0.00566. The predicted molar refractivity (Wildman–Crippen MR) is 88.5 cm³/mol. The van der Waals surface area contributed by atoms with Crippen LogP contribution in [0.3, 0.4) is 0 Å². The lowest BCUT2D eigenvalue weighted by atomic mass is 9.73. The van der Waals surface area contributed by atoms with E-state index in [9.17, 15) is 4.79 Å². The molecule has 1 atom stereocenters. The van der Waals surface area contributed by atoms with Crippen LogP contribution in [0.25, 0.3) is 0 Å². The summed E-state index contributed by atoms with van der Waals surface area (Å²) in [5.74, 6) is 0.00566. The van der Waals surface area contributed by atoms with E-state index in [1.165, 1.54) is 19.3 Å². The van der Waals surface area contributed by atoms with Crippen molar-refractivity contribution in [3.63, 3.8) is 0 Å². The quantitative estimate of drug-likeness (QED) is 0.839. The SMILES string of the molecule is CN(C)C(=O)c1ccc(N)cc1NC1CCCCC1(C)C. The van der Waals surface area contributed by atoms with Crippen LogP contribution in [0, 0.1) is 5.41 Å². The molecule has 0 aliphatic heterocycles. The first-order valence-electron chi connectivity index (χ1n) is 7.69. The average molecular weight is 289 g/mol. The largest absolute Gasteiger partial charge is 0.399 e. The van der Waals surface area contributed by atoms with Crippen LogP contribution in [0.5, 0.6) is 0 Å². The monoisotopic (exact) mass is 289 g/mol. The minimum Gasteiger partial charge on any atom is -0.399 e. The Labute approximate surface area is 127 Å². The van der Waals surface area contributed by atoms with Gasteiger partial charge in [0.1, 0.15) is 0 Å². The molecule has 1 aromatic carbocycles. The van der Waals surface area contributed by atoms with E-state index in [1.54, 1.807) is 25.1 Å². The number of benzene rings is 1. The maximum absolute atomic E-state index is 12.3. The molecule has 1 aromatic rings. The topological polar surface area (TPSA) is 58.4 Å². The fourth-order valence-corrected chi connectivity index (χ4v) is 3.06. The molecule has 4 heteroatoms. The van der Waals surface area contributed by atoms with Crippen molar-refractivity contribution in [2.24, 2.45) is 5.41 Å². The summed E-state index contributed by atoms with van der Waals surface area (Å²) >= 11 is 0. The highest BCUT2D eigenvalue weighted by molar-refractivity contribution is 6.00. The third-order valence-electron chi connectivity index (χ3n) is 4.52. The number of hydrogen-bond donors (Lipinski definition) is 2. The maximum atomic E-state index is 12.3. The van der Waals surface area contributed by atoms with Crippen LogP contribution in [-0.4, -0.2) is 30.9 Å². The van der Waals surface area contributed by atoms with Gasteiger partial charge in [-0.05, 0) is 36.5 Å². The third-order valence-corrected chi connectivity index (χ3v) is 4.52. The van der Waals surface area contributed by atoms with E-state index in [0.29, 0.717) is 17.3 Å². The maximum Gasteiger partial charge on any atom is 0.255 e. The first-order chi connectivity index (χ1) is 9.81. The van der Waals surface area contributed by atoms with Gasteiger partial charge in [-0.3, -0.25) is 4.79 Å². The fourth-order valence-electron chi connectivity index (χ4n) is 3.06. The van der Waals surface area contributed by atoms with E-state index in [0.717, 1.165) is 12.1 Å². The summed E-state index contributed by atoms with van der Waals surface area (Å²) in [6, 6.07) is 5.85. The number of hydrogen-bond acceptors (Lipinski definition) is 3. The molecule has 0 saturated heterocycles. The average Bonchev–Trinajstić information content (AvgIpc) is 2.40. The van der Waals surface area contributed by atoms with Crippen molar-refractivity contribution in [2.75, 3.05) is 25.1 Å². The summed E-state index contributed by atoms with van der Waals surface area (Å²) in [5, 5.41) is 3.59. The molecule has 1 saturated carbocycles. The number of carbonyl (C=O) groups is 1. The van der Waals surface area contributed by atoms with Crippen molar-refractivity contribution >= 4 is 17.3 Å². The van der Waals surface area contributed by atoms with Gasteiger partial charge in [0.05, 0.1) is 5.56 Å². The number of anilines is 2. The fraction of sp³-hybridized carbons (Fsp3) is 0.588. The molecule has 116 valence electrons. The Kier molecular flexibility index (Phi) is 4.45. The highest BCUT2D eigenvalue weighted by atomic mass is 16.2. The Bertz CT molecular complexity index is 523. The predicted octanol–water partition coefficient (Wildman–Crippen LogP) is 3.35. The number of nitrogen functional groups attached to an aromatic ring is 1. The van der Waals surface area contributed by atoms with Gasteiger partial charge in [-0.2, -0.15) is 0 Å². The van der Waals surface area contributed by atoms with Crippen LogP contribution in [0.1, 0.15) is 49.9 Å². The number of nitrogens with one attached hydrogen (secondary N) is 1. The van der Waals surface area contributed by atoms with Gasteiger partial charge in [0.25, 0.3) is 5.91 Å². The van der Waals surface area contributed by atoms with E-state index in [-0.39, 0.29) is 11.3 Å². The van der Waals surface area contributed by atoms with Gasteiger partial charge in [-0.15, -0.1) is 0 Å². The van der Waals surface area contributed by atoms with Crippen LogP contribution < -0.4 is 11.1 Å². The van der Waals surface area contributed by atoms with Crippen LogP contribution in [0.2, 0.25) is 0 Å². The van der Waals surface area contributed by atoms with E-state index in [4.69, 9.17) is 5.73 Å². The Hall–Kier alpha value is -1.71. The summed E-state index contributed by atoms with van der Waals surface area (Å²) in [4.78, 5) is 13.9. The van der Waals surface area contributed by atoms with Crippen molar-refractivity contribution in [1.29, 1.82) is 0 Å². The van der Waals surface area contributed by atoms with Crippen molar-refractivity contribution < 1.29 is 4.79 Å². The molecule has 1 aliphatic rings. The van der Waals surface area contributed by atoms with E-state index in [1.807, 2.05) is 12.1 Å². The van der Waals surface area contributed by atoms with Crippen molar-refractivity contribution in [3.05, 3.63) is 23.8 Å². The molecule has 1 fully saturated rings. The standard InChI is InChI=1S/C17H27N3O/c1-17(2)10-6-5-7-15(17)19-14-11-12(18)8-9-13(14)16(21)20(3)4/h8-9,11,15,19H,5-7,10,18H2,1-4H3. The molecule has 1 amide bonds.